The number of benzene rings is 1. The number of imidazole rings is 1. The molecule has 0 aliphatic rings. The summed E-state index contributed by atoms with van der Waals surface area (Å²) in [6.07, 6.45) is 0.391. The molecule has 3 nitrogen and oxygen atoms in total. The van der Waals surface area contributed by atoms with Crippen LogP contribution in [0.5, 0.6) is 0 Å². The molecule has 2 heterocycles. The van der Waals surface area contributed by atoms with Crippen molar-refractivity contribution in [2.24, 2.45) is 0 Å². The van der Waals surface area contributed by atoms with Crippen LogP contribution >= 0.6 is 11.3 Å². The van der Waals surface area contributed by atoms with Crippen LogP contribution in [0, 0.1) is 11.3 Å². The van der Waals surface area contributed by atoms with E-state index in [4.69, 9.17) is 4.98 Å². The molecule has 118 valence electrons. The van der Waals surface area contributed by atoms with Crippen LogP contribution < -0.4 is 0 Å². The largest absolute Gasteiger partial charge is 0.286 e. The zero-order valence-corrected chi connectivity index (χ0v) is 14.8. The first-order valence-electron chi connectivity index (χ1n) is 7.99. The molecular formula is C19H21N3S. The molecule has 0 bridgehead atoms. The summed E-state index contributed by atoms with van der Waals surface area (Å²) in [7, 11) is 0. The second kappa shape index (κ2) is 6.17. The van der Waals surface area contributed by atoms with Crippen LogP contribution in [0.2, 0.25) is 0 Å². The molecule has 3 rings (SSSR count). The fourth-order valence-electron chi connectivity index (χ4n) is 2.88. The Bertz CT molecular complexity index is 861. The highest BCUT2D eigenvalue weighted by atomic mass is 32.1. The van der Waals surface area contributed by atoms with E-state index >= 15 is 0 Å². The molecule has 3 aromatic rings. The van der Waals surface area contributed by atoms with Crippen LogP contribution in [0.25, 0.3) is 16.2 Å². The molecule has 4 heteroatoms. The van der Waals surface area contributed by atoms with Gasteiger partial charge < -0.3 is 0 Å². The summed E-state index contributed by atoms with van der Waals surface area (Å²) in [5, 5.41) is 11.3. The number of aromatic nitrogens is 2. The lowest BCUT2D eigenvalue weighted by molar-refractivity contribution is 0.814. The number of fused-ring (bicyclic) bond motifs is 1. The minimum absolute atomic E-state index is 0.321. The molecule has 0 radical (unpaired) electrons. The number of nitrogens with zero attached hydrogens (tertiary/aromatic N) is 3. The molecule has 0 saturated carbocycles. The minimum atomic E-state index is 0.321. The molecule has 0 aliphatic carbocycles. The maximum atomic E-state index is 9.21. The third-order valence-corrected chi connectivity index (χ3v) is 4.98. The summed E-state index contributed by atoms with van der Waals surface area (Å²) < 4.78 is 2.16. The molecule has 2 aromatic heterocycles. The van der Waals surface area contributed by atoms with Gasteiger partial charge in [0.2, 0.25) is 0 Å². The molecule has 0 amide bonds. The highest BCUT2D eigenvalue weighted by Gasteiger charge is 2.19. The first-order valence-corrected chi connectivity index (χ1v) is 8.87. The molecular weight excluding hydrogens is 302 g/mol. The quantitative estimate of drug-likeness (QED) is 0.647. The first kappa shape index (κ1) is 15.8. The van der Waals surface area contributed by atoms with Gasteiger partial charge in [-0.2, -0.15) is 5.26 Å². The Balaban J connectivity index is 2.16. The lowest BCUT2D eigenvalue weighted by Crippen LogP contribution is -1.99. The topological polar surface area (TPSA) is 41.1 Å². The average Bonchev–Trinajstić information content (AvgIpc) is 3.08. The van der Waals surface area contributed by atoms with Gasteiger partial charge in [0, 0.05) is 5.38 Å². The summed E-state index contributed by atoms with van der Waals surface area (Å²) >= 11 is 1.64. The monoisotopic (exact) mass is 323 g/mol. The molecule has 0 fully saturated rings. The zero-order valence-electron chi connectivity index (χ0n) is 14.0. The number of hydrogen-bond acceptors (Lipinski definition) is 3. The van der Waals surface area contributed by atoms with Crippen molar-refractivity contribution >= 4 is 16.3 Å². The molecule has 1 aromatic carbocycles. The fourth-order valence-corrected chi connectivity index (χ4v) is 3.80. The number of nitriles is 1. The molecule has 0 N–H and O–H groups in total. The Morgan fingerprint density at radius 2 is 1.83 bits per heavy atom. The van der Waals surface area contributed by atoms with Gasteiger partial charge in [-0.05, 0) is 23.0 Å². The van der Waals surface area contributed by atoms with E-state index in [0.717, 1.165) is 22.0 Å². The highest BCUT2D eigenvalue weighted by Crippen LogP contribution is 2.32. The smallest absolute Gasteiger partial charge is 0.194 e. The van der Waals surface area contributed by atoms with Gasteiger partial charge in [0.15, 0.2) is 4.96 Å². The van der Waals surface area contributed by atoms with E-state index in [-0.39, 0.29) is 0 Å². The molecule has 0 saturated heterocycles. The van der Waals surface area contributed by atoms with Crippen molar-refractivity contribution in [3.8, 4) is 17.3 Å². The van der Waals surface area contributed by atoms with E-state index < -0.39 is 0 Å². The first-order chi connectivity index (χ1) is 11.0. The molecule has 0 unspecified atom stereocenters. The van der Waals surface area contributed by atoms with Crippen molar-refractivity contribution in [1.82, 2.24) is 9.38 Å². The van der Waals surface area contributed by atoms with E-state index in [9.17, 15) is 5.26 Å². The van der Waals surface area contributed by atoms with Crippen molar-refractivity contribution in [3.05, 3.63) is 46.6 Å². The zero-order chi connectivity index (χ0) is 16.6. The van der Waals surface area contributed by atoms with Gasteiger partial charge in [-0.25, -0.2) is 4.98 Å². The van der Waals surface area contributed by atoms with Gasteiger partial charge in [-0.1, -0.05) is 52.0 Å². The molecule has 0 spiro atoms. The van der Waals surface area contributed by atoms with Gasteiger partial charge in [0.25, 0.3) is 0 Å². The van der Waals surface area contributed by atoms with E-state index in [1.807, 2.05) is 0 Å². The van der Waals surface area contributed by atoms with Crippen molar-refractivity contribution in [2.45, 2.75) is 46.0 Å². The third kappa shape index (κ3) is 2.77. The van der Waals surface area contributed by atoms with Crippen LogP contribution in [0.15, 0.2) is 29.6 Å². The molecule has 23 heavy (non-hydrogen) atoms. The van der Waals surface area contributed by atoms with E-state index in [1.54, 1.807) is 11.3 Å². The van der Waals surface area contributed by atoms with Gasteiger partial charge in [0.05, 0.1) is 29.6 Å². The average molecular weight is 323 g/mol. The summed E-state index contributed by atoms with van der Waals surface area (Å²) in [6.45, 7) is 8.66. The van der Waals surface area contributed by atoms with Gasteiger partial charge in [-0.3, -0.25) is 4.40 Å². The minimum Gasteiger partial charge on any atom is -0.286 e. The van der Waals surface area contributed by atoms with Crippen molar-refractivity contribution in [1.29, 1.82) is 5.26 Å². The number of thiazole rings is 1. The van der Waals surface area contributed by atoms with Crippen LogP contribution in [-0.4, -0.2) is 9.38 Å². The third-order valence-electron chi connectivity index (χ3n) is 4.16. The van der Waals surface area contributed by atoms with Crippen molar-refractivity contribution in [3.63, 3.8) is 0 Å². The van der Waals surface area contributed by atoms with E-state index in [0.29, 0.717) is 18.3 Å². The Morgan fingerprint density at radius 1 is 1.13 bits per heavy atom. The summed E-state index contributed by atoms with van der Waals surface area (Å²) in [5.41, 5.74) is 5.71. The summed E-state index contributed by atoms with van der Waals surface area (Å²) in [4.78, 5) is 5.73. The second-order valence-electron chi connectivity index (χ2n) is 6.45. The molecule has 0 aliphatic heterocycles. The summed E-state index contributed by atoms with van der Waals surface area (Å²) in [5.74, 6) is 0.850. The normalized spacial score (nSPS) is 11.5. The van der Waals surface area contributed by atoms with Crippen molar-refractivity contribution in [2.75, 3.05) is 0 Å². The maximum Gasteiger partial charge on any atom is 0.194 e. The predicted molar refractivity (Wildman–Crippen MR) is 96.0 cm³/mol. The van der Waals surface area contributed by atoms with Gasteiger partial charge in [0.1, 0.15) is 0 Å². The Labute approximate surface area is 141 Å². The molecule has 0 atom stereocenters. The Kier molecular flexibility index (Phi) is 4.23. The van der Waals surface area contributed by atoms with E-state index in [1.165, 1.54) is 11.1 Å². The van der Waals surface area contributed by atoms with Crippen molar-refractivity contribution < 1.29 is 0 Å². The SMILES string of the molecule is CC(C)c1ccc(-c2csc3nc(C(C)C)c(CC#N)n23)cc1. The van der Waals surface area contributed by atoms with Crippen LogP contribution in [0.1, 0.15) is 56.5 Å². The number of rotatable bonds is 4. The standard InChI is InChI=1S/C19H21N3S/c1-12(2)14-5-7-15(8-6-14)17-11-23-19-21-18(13(3)4)16(9-10-20)22(17)19/h5-8,11-13H,9H2,1-4H3. The lowest BCUT2D eigenvalue weighted by Gasteiger charge is -2.08. The lowest BCUT2D eigenvalue weighted by atomic mass is 10.0. The predicted octanol–water partition coefficient (Wildman–Crippen LogP) is 5.38. The summed E-state index contributed by atoms with van der Waals surface area (Å²) in [6, 6.07) is 11.0. The van der Waals surface area contributed by atoms with E-state index in [2.05, 4.69) is 67.8 Å². The van der Waals surface area contributed by atoms with Crippen LogP contribution in [-0.2, 0) is 6.42 Å². The Morgan fingerprint density at radius 3 is 2.39 bits per heavy atom. The van der Waals surface area contributed by atoms with Crippen LogP contribution in [0.4, 0.5) is 0 Å². The second-order valence-corrected chi connectivity index (χ2v) is 7.29. The van der Waals surface area contributed by atoms with Gasteiger partial charge >= 0.3 is 0 Å². The van der Waals surface area contributed by atoms with Gasteiger partial charge in [-0.15, -0.1) is 11.3 Å². The maximum absolute atomic E-state index is 9.21. The fraction of sp³-hybridized carbons (Fsp3) is 0.368. The number of hydrogen-bond donors (Lipinski definition) is 0. The highest BCUT2D eigenvalue weighted by molar-refractivity contribution is 7.15. The van der Waals surface area contributed by atoms with Crippen LogP contribution in [0.3, 0.4) is 0 Å². The Hall–Kier alpha value is -2.12.